The molecule has 8 nitrogen and oxygen atoms in total. The summed E-state index contributed by atoms with van der Waals surface area (Å²) in [6, 6.07) is 28.7. The van der Waals surface area contributed by atoms with E-state index < -0.39 is 12.7 Å². The van der Waals surface area contributed by atoms with Crippen LogP contribution in [-0.2, 0) is 0 Å². The van der Waals surface area contributed by atoms with Crippen molar-refractivity contribution in [3.63, 3.8) is 0 Å². The van der Waals surface area contributed by atoms with Crippen LogP contribution in [0.3, 0.4) is 0 Å². The number of hydrogen-bond acceptors (Lipinski definition) is 8. The smallest absolute Gasteiger partial charge is 0.406 e. The van der Waals surface area contributed by atoms with Crippen LogP contribution >= 0.6 is 11.6 Å². The fraction of sp³-hybridized carbons (Fsp3) is 0.263. The minimum Gasteiger partial charge on any atom is -0.406 e. The number of halogens is 7. The Hall–Kier alpha value is -5.37. The molecule has 4 heterocycles. The highest BCUT2D eigenvalue weighted by Gasteiger charge is 2.31. The van der Waals surface area contributed by atoms with Gasteiger partial charge in [0.15, 0.2) is 0 Å². The normalized spacial score (nSPS) is 14.4. The molecular weight excluding hydrogens is 722 g/mol. The molecule has 0 spiro atoms. The molecule has 5 aromatic rings. The lowest BCUT2D eigenvalue weighted by Crippen LogP contribution is -2.18. The number of anilines is 6. The summed E-state index contributed by atoms with van der Waals surface area (Å²) in [4.78, 5) is 13.4. The number of pyridine rings is 2. The van der Waals surface area contributed by atoms with Crippen LogP contribution in [0.2, 0.25) is 5.15 Å². The summed E-state index contributed by atoms with van der Waals surface area (Å²) in [6.07, 6.45) is -4.80. The number of alkyl halides is 6. The molecule has 2 fully saturated rings. The van der Waals surface area contributed by atoms with E-state index in [0.29, 0.717) is 28.2 Å². The van der Waals surface area contributed by atoms with Crippen molar-refractivity contribution in [3.8, 4) is 22.8 Å². The summed E-state index contributed by atoms with van der Waals surface area (Å²) in [7, 11) is 0. The predicted molar refractivity (Wildman–Crippen MR) is 195 cm³/mol. The number of rotatable bonds is 9. The van der Waals surface area contributed by atoms with E-state index in [4.69, 9.17) is 16.6 Å². The molecule has 0 amide bonds. The second-order valence-corrected chi connectivity index (χ2v) is 12.7. The lowest BCUT2D eigenvalue weighted by atomic mass is 10.1. The summed E-state index contributed by atoms with van der Waals surface area (Å²) in [5.74, 6) is 0.642. The fourth-order valence-electron chi connectivity index (χ4n) is 5.98. The Bertz CT molecular complexity index is 1940. The van der Waals surface area contributed by atoms with Gasteiger partial charge in [-0.25, -0.2) is 9.97 Å². The van der Waals surface area contributed by atoms with Crippen LogP contribution < -0.4 is 29.9 Å². The van der Waals surface area contributed by atoms with Crippen molar-refractivity contribution in [2.45, 2.75) is 38.4 Å². The van der Waals surface area contributed by atoms with Gasteiger partial charge in [0.1, 0.15) is 28.3 Å². The van der Waals surface area contributed by atoms with E-state index in [-0.39, 0.29) is 11.5 Å². The maximum atomic E-state index is 12.3. The zero-order valence-electron chi connectivity index (χ0n) is 28.2. The van der Waals surface area contributed by atoms with Gasteiger partial charge in [0.25, 0.3) is 0 Å². The van der Waals surface area contributed by atoms with E-state index in [1.165, 1.54) is 48.5 Å². The fourth-order valence-corrected chi connectivity index (χ4v) is 6.18. The van der Waals surface area contributed by atoms with Gasteiger partial charge in [-0.15, -0.1) is 26.3 Å². The van der Waals surface area contributed by atoms with Crippen molar-refractivity contribution in [1.29, 1.82) is 0 Å². The van der Waals surface area contributed by atoms with Gasteiger partial charge in [-0.1, -0.05) is 41.9 Å². The van der Waals surface area contributed by atoms with E-state index in [0.717, 1.165) is 74.5 Å². The molecule has 2 N–H and O–H groups in total. The first-order valence-corrected chi connectivity index (χ1v) is 17.2. The number of nitrogens with one attached hydrogen (secondary N) is 2. The Labute approximate surface area is 307 Å². The van der Waals surface area contributed by atoms with Crippen LogP contribution in [0.5, 0.6) is 11.5 Å². The monoisotopic (exact) mass is 756 g/mol. The second kappa shape index (κ2) is 16.5. The third-order valence-corrected chi connectivity index (χ3v) is 8.52. The Balaban J connectivity index is 0.000000185. The second-order valence-electron chi connectivity index (χ2n) is 12.3. The van der Waals surface area contributed by atoms with Crippen molar-refractivity contribution in [2.75, 3.05) is 46.6 Å². The molecule has 7 rings (SSSR count). The highest BCUT2D eigenvalue weighted by Crippen LogP contribution is 2.32. The minimum atomic E-state index is -4.70. The van der Waals surface area contributed by atoms with Gasteiger partial charge in [0.05, 0.1) is 5.69 Å². The Morgan fingerprint density at radius 3 is 1.43 bits per heavy atom. The molecule has 0 atom stereocenters. The van der Waals surface area contributed by atoms with E-state index >= 15 is 0 Å². The topological polar surface area (TPSA) is 74.8 Å². The van der Waals surface area contributed by atoms with Crippen LogP contribution in [0.25, 0.3) is 11.3 Å². The van der Waals surface area contributed by atoms with Gasteiger partial charge in [0, 0.05) is 66.6 Å². The molecule has 0 unspecified atom stereocenters. The molecule has 0 radical (unpaired) electrons. The summed E-state index contributed by atoms with van der Waals surface area (Å²) < 4.78 is 81.2. The Kier molecular flexibility index (Phi) is 11.7. The van der Waals surface area contributed by atoms with E-state index in [1.54, 1.807) is 6.07 Å². The molecule has 0 bridgehead atoms. The average Bonchev–Trinajstić information content (AvgIpc) is 3.85. The summed E-state index contributed by atoms with van der Waals surface area (Å²) in [5, 5.41) is 6.59. The number of benzene rings is 3. The molecule has 2 aliphatic heterocycles. The van der Waals surface area contributed by atoms with Crippen LogP contribution in [-0.4, -0.2) is 48.9 Å². The quantitative estimate of drug-likeness (QED) is 0.114. The van der Waals surface area contributed by atoms with Crippen molar-refractivity contribution >= 4 is 46.0 Å². The Morgan fingerprint density at radius 2 is 0.981 bits per heavy atom. The molecule has 0 saturated carbocycles. The first kappa shape index (κ1) is 37.4. The first-order valence-electron chi connectivity index (χ1n) is 16.9. The first-order chi connectivity index (χ1) is 25.3. The maximum absolute atomic E-state index is 12.3. The maximum Gasteiger partial charge on any atom is 0.573 e. The number of aromatic nitrogens is 2. The molecule has 278 valence electrons. The molecule has 2 aliphatic rings. The minimum absolute atomic E-state index is 0.258. The molecule has 15 heteroatoms. The van der Waals surface area contributed by atoms with Gasteiger partial charge in [-0.3, -0.25) is 0 Å². The molecule has 53 heavy (non-hydrogen) atoms. The number of nitrogens with zero attached hydrogens (tertiary/aromatic N) is 4. The van der Waals surface area contributed by atoms with Gasteiger partial charge in [-0.2, -0.15) is 0 Å². The lowest BCUT2D eigenvalue weighted by Gasteiger charge is -2.20. The van der Waals surface area contributed by atoms with E-state index in [9.17, 15) is 26.3 Å². The summed E-state index contributed by atoms with van der Waals surface area (Å²) >= 11 is 6.07. The highest BCUT2D eigenvalue weighted by atomic mass is 35.5. The van der Waals surface area contributed by atoms with Crippen molar-refractivity contribution in [3.05, 3.63) is 108 Å². The van der Waals surface area contributed by atoms with Crippen molar-refractivity contribution in [1.82, 2.24) is 9.97 Å². The Morgan fingerprint density at radius 1 is 0.547 bits per heavy atom. The van der Waals surface area contributed by atoms with Crippen LogP contribution in [0, 0.1) is 0 Å². The van der Waals surface area contributed by atoms with Crippen LogP contribution in [0.15, 0.2) is 103 Å². The van der Waals surface area contributed by atoms with Gasteiger partial charge < -0.3 is 29.9 Å². The molecule has 0 aliphatic carbocycles. The van der Waals surface area contributed by atoms with E-state index in [2.05, 4.69) is 41.0 Å². The number of hydrogen-bond donors (Lipinski definition) is 2. The third-order valence-electron chi connectivity index (χ3n) is 8.32. The van der Waals surface area contributed by atoms with Gasteiger partial charge in [0.2, 0.25) is 0 Å². The standard InChI is InChI=1S/C22H20F3N3O.C16H15ClF3N3O/c23-22(24,25)29-19-10-8-17(9-11-19)26-21-15-18(28-12-4-5-13-28)14-20(27-21)16-6-2-1-3-7-16;17-14-9-12(23-7-1-2-8-23)10-15(22-14)21-11-3-5-13(6-4-11)24-16(18,19)20/h1-3,6-11,14-15H,4-5,12-13H2,(H,26,27);3-6,9-10H,1-2,7-8H2,(H,21,22). The largest absolute Gasteiger partial charge is 0.573 e. The molecule has 2 saturated heterocycles. The predicted octanol–water partition coefficient (Wildman–Crippen LogP) is 11.0. The molecular formula is C38H35ClF6N6O2. The lowest BCUT2D eigenvalue weighted by molar-refractivity contribution is -0.275. The zero-order valence-corrected chi connectivity index (χ0v) is 29.0. The zero-order chi connectivity index (χ0) is 37.4. The van der Waals surface area contributed by atoms with Crippen LogP contribution in [0.4, 0.5) is 60.7 Å². The molecule has 2 aromatic heterocycles. The third kappa shape index (κ3) is 11.3. The number of ether oxygens (including phenoxy) is 2. The van der Waals surface area contributed by atoms with Gasteiger partial charge in [-0.05, 0) is 86.3 Å². The van der Waals surface area contributed by atoms with Gasteiger partial charge >= 0.3 is 12.7 Å². The van der Waals surface area contributed by atoms with E-state index in [1.807, 2.05) is 42.5 Å². The summed E-state index contributed by atoms with van der Waals surface area (Å²) in [6.45, 7) is 3.95. The van der Waals surface area contributed by atoms with Crippen LogP contribution in [0.1, 0.15) is 25.7 Å². The SMILES string of the molecule is FC(F)(F)Oc1ccc(Nc2cc(N3CCCC3)cc(-c3ccccc3)n2)cc1.FC(F)(F)Oc1ccc(Nc2cc(N3CCCC3)cc(Cl)n2)cc1. The molecule has 3 aromatic carbocycles. The van der Waals surface area contributed by atoms with Crippen molar-refractivity contribution < 1.29 is 35.8 Å². The van der Waals surface area contributed by atoms with Crippen molar-refractivity contribution in [2.24, 2.45) is 0 Å². The highest BCUT2D eigenvalue weighted by molar-refractivity contribution is 6.29. The summed E-state index contributed by atoms with van der Waals surface area (Å²) in [5.41, 5.74) is 5.12. The average molecular weight is 757 g/mol.